The third-order valence-corrected chi connectivity index (χ3v) is 3.02. The summed E-state index contributed by atoms with van der Waals surface area (Å²) < 4.78 is 4.90. The third-order valence-electron chi connectivity index (χ3n) is 2.42. The molecule has 0 saturated carbocycles. The van der Waals surface area contributed by atoms with Gasteiger partial charge in [-0.3, -0.25) is 9.59 Å². The second-order valence-electron chi connectivity index (χ2n) is 3.84. The van der Waals surface area contributed by atoms with Crippen LogP contribution in [0.25, 0.3) is 0 Å². The minimum atomic E-state index is -0.00716. The average molecular weight is 327 g/mol. The van der Waals surface area contributed by atoms with E-state index >= 15 is 0 Å². The van der Waals surface area contributed by atoms with Crippen LogP contribution in [0.3, 0.4) is 0 Å². The molecule has 0 heterocycles. The molecular formula is C15H12Cl2O4. The maximum absolute atomic E-state index is 10.3. The molecule has 4 nitrogen and oxygen atoms in total. The van der Waals surface area contributed by atoms with Crippen molar-refractivity contribution >= 4 is 35.8 Å². The third kappa shape index (κ3) is 5.10. The molecule has 0 aliphatic rings. The van der Waals surface area contributed by atoms with Gasteiger partial charge in [0, 0.05) is 11.1 Å². The second kappa shape index (κ2) is 8.29. The first-order valence-electron chi connectivity index (χ1n) is 5.74. The van der Waals surface area contributed by atoms with Gasteiger partial charge < -0.3 is 9.84 Å². The first-order valence-corrected chi connectivity index (χ1v) is 6.49. The lowest BCUT2D eigenvalue weighted by molar-refractivity contribution is 0.111. The second-order valence-corrected chi connectivity index (χ2v) is 4.65. The van der Waals surface area contributed by atoms with E-state index in [9.17, 15) is 9.59 Å². The van der Waals surface area contributed by atoms with E-state index in [-0.39, 0.29) is 10.8 Å². The van der Waals surface area contributed by atoms with Crippen molar-refractivity contribution < 1.29 is 19.4 Å². The average Bonchev–Trinajstić information content (AvgIpc) is 2.50. The zero-order valence-corrected chi connectivity index (χ0v) is 12.6. The van der Waals surface area contributed by atoms with Gasteiger partial charge in [-0.25, -0.2) is 0 Å². The summed E-state index contributed by atoms with van der Waals surface area (Å²) in [6, 6.07) is 9.15. The highest BCUT2D eigenvalue weighted by Gasteiger charge is 1.99. The van der Waals surface area contributed by atoms with E-state index in [1.165, 1.54) is 25.3 Å². The predicted molar refractivity (Wildman–Crippen MR) is 81.9 cm³/mol. The van der Waals surface area contributed by atoms with E-state index in [4.69, 9.17) is 33.0 Å². The molecule has 0 unspecified atom stereocenters. The van der Waals surface area contributed by atoms with Gasteiger partial charge in [0.25, 0.3) is 0 Å². The Morgan fingerprint density at radius 2 is 1.48 bits per heavy atom. The molecular weight excluding hydrogens is 315 g/mol. The van der Waals surface area contributed by atoms with Gasteiger partial charge in [0.1, 0.15) is 24.1 Å². The number of halogens is 2. The number of phenols is 1. The van der Waals surface area contributed by atoms with Crippen LogP contribution in [0.5, 0.6) is 11.5 Å². The minimum absolute atomic E-state index is 0.00716. The van der Waals surface area contributed by atoms with Gasteiger partial charge in [-0.2, -0.15) is 0 Å². The number of carbonyl (C=O) groups is 2. The van der Waals surface area contributed by atoms with Gasteiger partial charge in [0.05, 0.1) is 17.2 Å². The Morgan fingerprint density at radius 3 is 1.90 bits per heavy atom. The van der Waals surface area contributed by atoms with Crippen LogP contribution < -0.4 is 4.74 Å². The first kappa shape index (κ1) is 17.0. The lowest BCUT2D eigenvalue weighted by Gasteiger charge is -2.01. The summed E-state index contributed by atoms with van der Waals surface area (Å²) in [6.45, 7) is 0. The molecule has 110 valence electrons. The molecule has 21 heavy (non-hydrogen) atoms. The fourth-order valence-corrected chi connectivity index (χ4v) is 1.81. The Morgan fingerprint density at radius 1 is 0.952 bits per heavy atom. The van der Waals surface area contributed by atoms with Gasteiger partial charge in [-0.15, -0.1) is 0 Å². The number of hydrogen-bond acceptors (Lipinski definition) is 4. The van der Waals surface area contributed by atoms with E-state index in [1.54, 1.807) is 18.2 Å². The van der Waals surface area contributed by atoms with Crippen molar-refractivity contribution in [2.75, 3.05) is 7.11 Å². The monoisotopic (exact) mass is 326 g/mol. The van der Waals surface area contributed by atoms with Crippen molar-refractivity contribution in [3.05, 3.63) is 57.6 Å². The molecule has 2 rings (SSSR count). The number of carbonyl (C=O) groups excluding carboxylic acids is 2. The highest BCUT2D eigenvalue weighted by atomic mass is 35.5. The van der Waals surface area contributed by atoms with Gasteiger partial charge in [-0.05, 0) is 36.4 Å². The molecule has 0 bridgehead atoms. The Kier molecular flexibility index (Phi) is 6.72. The number of aldehydes is 2. The fraction of sp³-hybridized carbons (Fsp3) is 0.0667. The molecule has 2 aromatic rings. The van der Waals surface area contributed by atoms with Crippen LogP contribution in [0, 0.1) is 0 Å². The van der Waals surface area contributed by atoms with Crippen LogP contribution in [0.4, 0.5) is 0 Å². The normalized spacial score (nSPS) is 9.29. The zero-order chi connectivity index (χ0) is 15.8. The molecule has 0 aliphatic heterocycles. The summed E-state index contributed by atoms with van der Waals surface area (Å²) in [5.41, 5.74) is 1.01. The number of methoxy groups -OCH3 is 1. The number of aromatic hydroxyl groups is 1. The van der Waals surface area contributed by atoms with Crippen LogP contribution in [0.2, 0.25) is 10.0 Å². The van der Waals surface area contributed by atoms with Crippen molar-refractivity contribution in [2.24, 2.45) is 0 Å². The molecule has 0 amide bonds. The Labute approximate surface area is 131 Å². The van der Waals surface area contributed by atoms with Crippen molar-refractivity contribution in [3.8, 4) is 11.5 Å². The summed E-state index contributed by atoms with van der Waals surface area (Å²) in [7, 11) is 1.53. The van der Waals surface area contributed by atoms with Crippen molar-refractivity contribution in [3.63, 3.8) is 0 Å². The summed E-state index contributed by atoms with van der Waals surface area (Å²) in [4.78, 5) is 20.4. The summed E-state index contributed by atoms with van der Waals surface area (Å²) >= 11 is 11.2. The minimum Gasteiger partial charge on any atom is -0.506 e. The van der Waals surface area contributed by atoms with Crippen LogP contribution >= 0.6 is 23.2 Å². The smallest absolute Gasteiger partial charge is 0.150 e. The highest BCUT2D eigenvalue weighted by molar-refractivity contribution is 6.32. The molecule has 0 fully saturated rings. The van der Waals surface area contributed by atoms with Crippen LogP contribution in [0.15, 0.2) is 36.4 Å². The van der Waals surface area contributed by atoms with Crippen molar-refractivity contribution in [2.45, 2.75) is 0 Å². The zero-order valence-electron chi connectivity index (χ0n) is 11.0. The topological polar surface area (TPSA) is 63.6 Å². The van der Waals surface area contributed by atoms with Crippen molar-refractivity contribution in [1.29, 1.82) is 0 Å². The van der Waals surface area contributed by atoms with E-state index < -0.39 is 0 Å². The number of benzene rings is 2. The molecule has 0 aliphatic carbocycles. The fourth-order valence-electron chi connectivity index (χ4n) is 1.35. The Hall–Kier alpha value is -2.04. The highest BCUT2D eigenvalue weighted by Crippen LogP contribution is 2.24. The SMILES string of the molecule is COc1ccc(C=O)cc1Cl.O=Cc1ccc(O)c(Cl)c1. The molecule has 0 saturated heterocycles. The van der Waals surface area contributed by atoms with E-state index in [1.807, 2.05) is 0 Å². The number of rotatable bonds is 3. The van der Waals surface area contributed by atoms with Gasteiger partial charge in [0.2, 0.25) is 0 Å². The van der Waals surface area contributed by atoms with Gasteiger partial charge in [0.15, 0.2) is 0 Å². The van der Waals surface area contributed by atoms with E-state index in [2.05, 4.69) is 0 Å². The lowest BCUT2D eigenvalue weighted by atomic mass is 10.2. The first-order chi connectivity index (χ1) is 10.0. The van der Waals surface area contributed by atoms with Crippen LogP contribution in [-0.2, 0) is 0 Å². The molecule has 0 aromatic heterocycles. The van der Waals surface area contributed by atoms with Gasteiger partial charge in [-0.1, -0.05) is 23.2 Å². The largest absolute Gasteiger partial charge is 0.506 e. The van der Waals surface area contributed by atoms with E-state index in [0.717, 1.165) is 6.29 Å². The molecule has 2 aromatic carbocycles. The summed E-state index contributed by atoms with van der Waals surface area (Å²) in [5.74, 6) is 0.574. The molecule has 0 spiro atoms. The number of ether oxygens (including phenoxy) is 1. The molecule has 0 radical (unpaired) electrons. The maximum Gasteiger partial charge on any atom is 0.150 e. The Bertz CT molecular complexity index is 642. The maximum atomic E-state index is 10.3. The quantitative estimate of drug-likeness (QED) is 0.865. The summed E-state index contributed by atoms with van der Waals surface area (Å²) in [5, 5.41) is 9.55. The standard InChI is InChI=1S/C8H7ClO2.C7H5ClO2/c1-11-8-3-2-6(5-10)4-7(8)9;8-6-3-5(4-9)1-2-7(6)10/h2-5H,1H3;1-4,10H. The van der Waals surface area contributed by atoms with Crippen LogP contribution in [0.1, 0.15) is 20.7 Å². The molecule has 0 atom stereocenters. The number of hydrogen-bond donors (Lipinski definition) is 1. The lowest BCUT2D eigenvalue weighted by Crippen LogP contribution is -1.85. The van der Waals surface area contributed by atoms with Crippen molar-refractivity contribution in [1.82, 2.24) is 0 Å². The molecule has 6 heteroatoms. The summed E-state index contributed by atoms with van der Waals surface area (Å²) in [6.07, 6.45) is 1.41. The van der Waals surface area contributed by atoms with Crippen LogP contribution in [-0.4, -0.2) is 24.8 Å². The van der Waals surface area contributed by atoms with E-state index in [0.29, 0.717) is 28.2 Å². The Balaban J connectivity index is 0.000000211. The number of phenolic OH excluding ortho intramolecular Hbond substituents is 1. The predicted octanol–water partition coefficient (Wildman–Crippen LogP) is 4.02. The van der Waals surface area contributed by atoms with Gasteiger partial charge >= 0.3 is 0 Å². The molecule has 1 N–H and O–H groups in total.